The second-order valence-electron chi connectivity index (χ2n) is 6.36. The van der Waals surface area contributed by atoms with Gasteiger partial charge in [0.1, 0.15) is 5.75 Å². The molecule has 6 heteroatoms. The Hall–Kier alpha value is -2.08. The normalized spacial score (nSPS) is 25.0. The van der Waals surface area contributed by atoms with Gasteiger partial charge in [0.2, 0.25) is 5.60 Å². The summed E-state index contributed by atoms with van der Waals surface area (Å²) in [4.78, 5) is 22.5. The summed E-state index contributed by atoms with van der Waals surface area (Å²) in [5.41, 5.74) is 0.865. The van der Waals surface area contributed by atoms with Crippen LogP contribution in [0.4, 0.5) is 0 Å². The third kappa shape index (κ3) is 3.17. The number of carbonyl (C=O) groups is 1. The molecule has 1 aromatic carbocycles. The van der Waals surface area contributed by atoms with Crippen LogP contribution in [0.1, 0.15) is 18.9 Å². The van der Waals surface area contributed by atoms with Crippen molar-refractivity contribution < 1.29 is 14.4 Å². The number of hydrogen-bond donors (Lipinski definition) is 0. The molecule has 0 spiro atoms. The maximum Gasteiger partial charge on any atom is 0.269 e. The molecule has 1 aromatic rings. The minimum atomic E-state index is -0.898. The lowest BCUT2D eigenvalue weighted by atomic mass is 9.94. The predicted octanol–water partition coefficient (Wildman–Crippen LogP) is 1.35. The van der Waals surface area contributed by atoms with E-state index in [9.17, 15) is 4.79 Å². The lowest BCUT2D eigenvalue weighted by Crippen LogP contribution is -2.54. The Morgan fingerprint density at radius 1 is 1.22 bits per heavy atom. The van der Waals surface area contributed by atoms with Crippen molar-refractivity contribution in [2.45, 2.75) is 18.9 Å². The van der Waals surface area contributed by atoms with Crippen molar-refractivity contribution >= 4 is 11.6 Å². The molecule has 2 aliphatic rings. The van der Waals surface area contributed by atoms with E-state index >= 15 is 0 Å². The number of nitrogens with zero attached hydrogens (tertiary/aromatic N) is 3. The lowest BCUT2D eigenvalue weighted by molar-refractivity contribution is -0.154. The van der Waals surface area contributed by atoms with Gasteiger partial charge in [-0.3, -0.25) is 4.79 Å². The van der Waals surface area contributed by atoms with E-state index in [0.29, 0.717) is 6.42 Å². The highest BCUT2D eigenvalue weighted by Gasteiger charge is 2.45. The molecular formula is C17H23N3O3. The molecule has 6 nitrogen and oxygen atoms in total. The minimum Gasteiger partial charge on any atom is -0.497 e. The molecule has 0 aromatic heterocycles. The number of methoxy groups -OCH3 is 1. The smallest absolute Gasteiger partial charge is 0.269 e. The molecule has 0 radical (unpaired) electrons. The summed E-state index contributed by atoms with van der Waals surface area (Å²) in [6.45, 7) is 5.11. The first-order chi connectivity index (χ1) is 11.0. The van der Waals surface area contributed by atoms with Crippen molar-refractivity contribution in [2.75, 3.05) is 40.3 Å². The Labute approximate surface area is 136 Å². The fraction of sp³-hybridized carbons (Fsp3) is 0.529. The van der Waals surface area contributed by atoms with Crippen molar-refractivity contribution in [3.05, 3.63) is 29.8 Å². The van der Waals surface area contributed by atoms with Crippen LogP contribution in [0.5, 0.6) is 5.75 Å². The highest BCUT2D eigenvalue weighted by molar-refractivity contribution is 6.05. The predicted molar refractivity (Wildman–Crippen MR) is 87.7 cm³/mol. The summed E-state index contributed by atoms with van der Waals surface area (Å²) >= 11 is 0. The fourth-order valence-electron chi connectivity index (χ4n) is 2.94. The van der Waals surface area contributed by atoms with E-state index < -0.39 is 5.60 Å². The lowest BCUT2D eigenvalue weighted by Gasteiger charge is -2.36. The van der Waals surface area contributed by atoms with E-state index in [0.717, 1.165) is 43.2 Å². The molecule has 1 atom stereocenters. The van der Waals surface area contributed by atoms with Gasteiger partial charge < -0.3 is 19.4 Å². The third-order valence-corrected chi connectivity index (χ3v) is 4.53. The molecule has 23 heavy (non-hydrogen) atoms. The van der Waals surface area contributed by atoms with Gasteiger partial charge in [0.15, 0.2) is 0 Å². The second kappa shape index (κ2) is 6.20. The zero-order chi connectivity index (χ0) is 16.4. The number of oxime groups is 1. The van der Waals surface area contributed by atoms with Gasteiger partial charge in [-0.1, -0.05) is 5.16 Å². The van der Waals surface area contributed by atoms with Gasteiger partial charge in [-0.15, -0.1) is 0 Å². The van der Waals surface area contributed by atoms with Crippen molar-refractivity contribution in [1.29, 1.82) is 0 Å². The van der Waals surface area contributed by atoms with Crippen molar-refractivity contribution in [2.24, 2.45) is 5.16 Å². The number of likely N-dealkylation sites (N-methyl/N-ethyl adjacent to an activating group) is 1. The molecule has 124 valence electrons. The molecule has 1 fully saturated rings. The van der Waals surface area contributed by atoms with Crippen LogP contribution in [0.25, 0.3) is 0 Å². The molecule has 0 unspecified atom stereocenters. The number of hydrogen-bond acceptors (Lipinski definition) is 5. The van der Waals surface area contributed by atoms with E-state index in [2.05, 4.69) is 17.1 Å². The van der Waals surface area contributed by atoms with Crippen LogP contribution in [-0.2, 0) is 9.63 Å². The largest absolute Gasteiger partial charge is 0.497 e. The van der Waals surface area contributed by atoms with Crippen LogP contribution in [0, 0.1) is 0 Å². The standard InChI is InChI=1S/C17H23N3O3/c1-17(16(21)20-10-8-19(2)9-11-20)12-15(18-23-17)13-4-6-14(22-3)7-5-13/h4-7H,8-12H2,1-3H3/t17-/m0/s1. The quantitative estimate of drug-likeness (QED) is 0.844. The van der Waals surface area contributed by atoms with E-state index in [1.54, 1.807) is 7.11 Å². The first-order valence-corrected chi connectivity index (χ1v) is 7.89. The Kier molecular flexibility index (Phi) is 4.26. The van der Waals surface area contributed by atoms with Gasteiger partial charge in [0.05, 0.1) is 12.8 Å². The SMILES string of the molecule is COc1ccc(C2=NO[C@](C)(C(=O)N3CCN(C)CC3)C2)cc1. The number of amides is 1. The van der Waals surface area contributed by atoms with E-state index in [1.807, 2.05) is 36.1 Å². The maximum atomic E-state index is 12.8. The van der Waals surface area contributed by atoms with Crippen LogP contribution >= 0.6 is 0 Å². The summed E-state index contributed by atoms with van der Waals surface area (Å²) in [6.07, 6.45) is 0.491. The molecular weight excluding hydrogens is 294 g/mol. The Morgan fingerprint density at radius 3 is 2.48 bits per heavy atom. The van der Waals surface area contributed by atoms with Crippen LogP contribution in [0.15, 0.2) is 29.4 Å². The number of piperazine rings is 1. The van der Waals surface area contributed by atoms with Gasteiger partial charge in [0, 0.05) is 32.6 Å². The van der Waals surface area contributed by atoms with Crippen molar-refractivity contribution in [3.63, 3.8) is 0 Å². The average Bonchev–Trinajstić information content (AvgIpc) is 2.99. The first kappa shape index (κ1) is 15.8. The zero-order valence-corrected chi connectivity index (χ0v) is 13.9. The summed E-state index contributed by atoms with van der Waals surface area (Å²) in [5.74, 6) is 0.822. The first-order valence-electron chi connectivity index (χ1n) is 7.89. The van der Waals surface area contributed by atoms with Crippen LogP contribution in [0.3, 0.4) is 0 Å². The highest BCUT2D eigenvalue weighted by atomic mass is 16.7. The Balaban J connectivity index is 1.67. The number of carbonyl (C=O) groups excluding carboxylic acids is 1. The molecule has 1 amide bonds. The van der Waals surface area contributed by atoms with Crippen molar-refractivity contribution in [3.8, 4) is 5.75 Å². The number of rotatable bonds is 3. The molecule has 2 aliphatic heterocycles. The molecule has 0 bridgehead atoms. The summed E-state index contributed by atoms with van der Waals surface area (Å²) in [5, 5.41) is 4.16. The molecule has 3 rings (SSSR count). The van der Waals surface area contributed by atoms with Crippen LogP contribution < -0.4 is 4.74 Å². The molecule has 2 heterocycles. The molecule has 0 aliphatic carbocycles. The third-order valence-electron chi connectivity index (χ3n) is 4.53. The summed E-state index contributed by atoms with van der Waals surface area (Å²) < 4.78 is 5.16. The van der Waals surface area contributed by atoms with Gasteiger partial charge in [0.25, 0.3) is 5.91 Å². The van der Waals surface area contributed by atoms with E-state index in [1.165, 1.54) is 0 Å². The van der Waals surface area contributed by atoms with Gasteiger partial charge in [-0.25, -0.2) is 0 Å². The minimum absolute atomic E-state index is 0.0258. The van der Waals surface area contributed by atoms with Crippen LogP contribution in [0.2, 0.25) is 0 Å². The van der Waals surface area contributed by atoms with Gasteiger partial charge in [-0.05, 0) is 43.8 Å². The maximum absolute atomic E-state index is 12.8. The zero-order valence-electron chi connectivity index (χ0n) is 13.9. The Morgan fingerprint density at radius 2 is 1.87 bits per heavy atom. The summed E-state index contributed by atoms with van der Waals surface area (Å²) in [6, 6.07) is 7.64. The molecule has 1 saturated heterocycles. The van der Waals surface area contributed by atoms with E-state index in [-0.39, 0.29) is 5.91 Å². The molecule has 0 N–H and O–H groups in total. The summed E-state index contributed by atoms with van der Waals surface area (Å²) in [7, 11) is 3.71. The second-order valence-corrected chi connectivity index (χ2v) is 6.36. The fourth-order valence-corrected chi connectivity index (χ4v) is 2.94. The van der Waals surface area contributed by atoms with Crippen molar-refractivity contribution in [1.82, 2.24) is 9.80 Å². The average molecular weight is 317 g/mol. The highest BCUT2D eigenvalue weighted by Crippen LogP contribution is 2.29. The van der Waals surface area contributed by atoms with Crippen LogP contribution in [-0.4, -0.2) is 67.4 Å². The Bertz CT molecular complexity index is 606. The number of ether oxygens (including phenoxy) is 1. The number of benzene rings is 1. The topological polar surface area (TPSA) is 54.4 Å². The van der Waals surface area contributed by atoms with Gasteiger partial charge in [-0.2, -0.15) is 0 Å². The van der Waals surface area contributed by atoms with Gasteiger partial charge >= 0.3 is 0 Å². The molecule has 0 saturated carbocycles. The monoisotopic (exact) mass is 317 g/mol. The van der Waals surface area contributed by atoms with E-state index in [4.69, 9.17) is 9.57 Å².